The Morgan fingerprint density at radius 3 is 0.667 bits per heavy atom. The first-order valence-electron chi connectivity index (χ1n) is 24.8. The van der Waals surface area contributed by atoms with Crippen LogP contribution in [0.3, 0.4) is 0 Å². The van der Waals surface area contributed by atoms with Crippen LogP contribution in [-0.4, -0.2) is 15.3 Å². The maximum Gasteiger partial charge on any atom is 0.119 e. The number of phenols is 3. The fraction of sp³-hybridized carbons (Fsp3) is 0.191. The summed E-state index contributed by atoms with van der Waals surface area (Å²) in [4.78, 5) is 0. The van der Waals surface area contributed by atoms with Gasteiger partial charge in [0, 0.05) is 32.7 Å². The first-order valence-corrected chi connectivity index (χ1v) is 24.8. The fourth-order valence-corrected chi connectivity index (χ4v) is 9.99. The van der Waals surface area contributed by atoms with Gasteiger partial charge in [0.05, 0.1) is 0 Å². The van der Waals surface area contributed by atoms with Crippen molar-refractivity contribution in [3.05, 3.63) is 291 Å². The van der Waals surface area contributed by atoms with E-state index >= 15 is 0 Å². The van der Waals surface area contributed by atoms with Crippen molar-refractivity contribution in [1.82, 2.24) is 0 Å². The fourth-order valence-electron chi connectivity index (χ4n) is 9.99. The molecule has 0 unspecified atom stereocenters. The molecule has 390 valence electrons. The number of hydrogen-bond acceptors (Lipinski definition) is 6. The predicted octanol–water partition coefficient (Wildman–Crippen LogP) is 16.5. The first kappa shape index (κ1) is 56.7. The van der Waals surface area contributed by atoms with Crippen LogP contribution < -0.4 is 14.2 Å². The van der Waals surface area contributed by atoms with Gasteiger partial charge in [-0.15, -0.1) is 0 Å². The Balaban J connectivity index is 0.000000345. The topological polar surface area (TPSA) is 88.4 Å². The van der Waals surface area contributed by atoms with E-state index in [4.69, 9.17) is 14.2 Å². The number of phenolic OH excluding ortho intramolecular Hbond substituents is 3. The maximum absolute atomic E-state index is 9.57. The number of aryl methyl sites for hydroxylation is 6. The van der Waals surface area contributed by atoms with Crippen molar-refractivity contribution in [2.24, 2.45) is 0 Å². The van der Waals surface area contributed by atoms with E-state index in [1.807, 2.05) is 36.4 Å². The molecule has 0 fully saturated rings. The molecule has 0 amide bonds. The zero-order valence-corrected chi connectivity index (χ0v) is 46.1. The smallest absolute Gasteiger partial charge is 0.119 e. The van der Waals surface area contributed by atoms with Gasteiger partial charge in [0.2, 0.25) is 0 Å². The Hall–Kier alpha value is -7.56. The second-order valence-electron chi connectivity index (χ2n) is 19.8. The van der Waals surface area contributed by atoms with Crippen molar-refractivity contribution in [2.75, 3.05) is 0 Å². The van der Waals surface area contributed by atoms with E-state index in [1.54, 1.807) is 36.4 Å². The molecule has 0 saturated carbocycles. The second kappa shape index (κ2) is 25.1. The molecule has 9 aromatic rings. The van der Waals surface area contributed by atoms with E-state index in [0.717, 1.165) is 33.9 Å². The Labute approximate surface area is 460 Å². The van der Waals surface area contributed by atoms with E-state index < -0.39 is 10.8 Å². The van der Waals surface area contributed by atoms with Crippen LogP contribution in [0.5, 0.6) is 34.5 Å². The van der Waals surface area contributed by atoms with Crippen LogP contribution in [0.15, 0.2) is 200 Å². The molecule has 6 nitrogen and oxygen atoms in total. The molecule has 0 atom stereocenters. The molecule has 0 bridgehead atoms. The summed E-state index contributed by atoms with van der Waals surface area (Å²) < 4.78 is 18.7. The number of aromatic hydroxyl groups is 3. The van der Waals surface area contributed by atoms with Crippen molar-refractivity contribution in [2.45, 2.75) is 86.0 Å². The quantitative estimate of drug-likeness (QED) is 0.0539. The standard InChI is InChI=1S/C47H48O3.C20H18O3.CH3.Pd.H2/c1-32-20-33(2)24-38(23-32)29-48-44-14-8-41(9-15-44)47(7,42-10-16-45(17-11-42)49-30-39-25-34(3)21-35(4)26-39)43-12-18-46(19-13-43)50-31-40-27-36(5)22-37(6)28-40;1-20(14-2-8-17(21)9-3-14,15-4-10-18(22)11-5-15)16-6-12-19(23)13-7-16;;;/h8-28H,29-31H2,1-7H3;2-13,21-23H,1H3;1H3;;1H/q;;-1;;. The first-order chi connectivity index (χ1) is 35.0. The van der Waals surface area contributed by atoms with E-state index in [1.165, 1.54) is 66.8 Å². The summed E-state index contributed by atoms with van der Waals surface area (Å²) in [5.74, 6) is 3.19. The molecule has 7 heteroatoms. The SMILES string of the molecule is CC(c1ccc(O)cc1)(c1ccc(O)cc1)c1ccc(O)cc1.Cc1cc(C)cc(COc2ccc(C(C)(c3ccc(OCc4cc(C)cc(C)c4)cc3)c3ccc(OCc4cc(C)cc(C)c4)cc3)cc2)c1.[CH3-].[HH].[Pd]. The number of benzene rings is 9. The van der Waals surface area contributed by atoms with Gasteiger partial charge in [0.25, 0.3) is 0 Å². The molecule has 0 saturated heterocycles. The molecular weight excluding hydrogens is 1020 g/mol. The van der Waals surface area contributed by atoms with Crippen LogP contribution in [0.25, 0.3) is 0 Å². The van der Waals surface area contributed by atoms with Crippen LogP contribution in [0.2, 0.25) is 0 Å². The predicted molar refractivity (Wildman–Crippen MR) is 304 cm³/mol. The third-order valence-electron chi connectivity index (χ3n) is 13.7. The molecule has 0 aliphatic heterocycles. The molecule has 9 rings (SSSR count). The van der Waals surface area contributed by atoms with Crippen LogP contribution >= 0.6 is 0 Å². The molecule has 0 heterocycles. The minimum Gasteiger partial charge on any atom is -0.508 e. The Morgan fingerprint density at radius 2 is 0.480 bits per heavy atom. The Morgan fingerprint density at radius 1 is 0.307 bits per heavy atom. The summed E-state index contributed by atoms with van der Waals surface area (Å²) in [6.45, 7) is 18.7. The molecule has 0 aliphatic rings. The summed E-state index contributed by atoms with van der Waals surface area (Å²) in [5, 5.41) is 28.7. The van der Waals surface area contributed by atoms with Gasteiger partial charge in [0.15, 0.2) is 0 Å². The molecule has 0 aromatic heterocycles. The van der Waals surface area contributed by atoms with Gasteiger partial charge in [-0.25, -0.2) is 0 Å². The summed E-state index contributed by atoms with van der Waals surface area (Å²) >= 11 is 0. The zero-order chi connectivity index (χ0) is 51.7. The minimum atomic E-state index is -0.477. The van der Waals surface area contributed by atoms with Crippen LogP contribution in [-0.2, 0) is 51.1 Å². The Bertz CT molecular complexity index is 2850. The summed E-state index contributed by atoms with van der Waals surface area (Å²) in [5.41, 5.74) is 16.6. The summed E-state index contributed by atoms with van der Waals surface area (Å²) in [6.07, 6.45) is 0. The monoisotopic (exact) mass is 1090 g/mol. The van der Waals surface area contributed by atoms with E-state index in [9.17, 15) is 15.3 Å². The zero-order valence-electron chi connectivity index (χ0n) is 44.6. The normalized spacial score (nSPS) is 11.0. The van der Waals surface area contributed by atoms with Gasteiger partial charge < -0.3 is 37.0 Å². The molecular formula is C68H71O6Pd-. The van der Waals surface area contributed by atoms with Crippen LogP contribution in [0, 0.1) is 49.0 Å². The minimum absolute atomic E-state index is 0. The van der Waals surface area contributed by atoms with Crippen LogP contribution in [0.4, 0.5) is 0 Å². The number of rotatable bonds is 15. The maximum atomic E-state index is 9.57. The van der Waals surface area contributed by atoms with Crippen molar-refractivity contribution >= 4 is 0 Å². The van der Waals surface area contributed by atoms with Crippen molar-refractivity contribution in [3.63, 3.8) is 0 Å². The summed E-state index contributed by atoms with van der Waals surface area (Å²) in [6, 6.07) is 66.5. The second-order valence-corrected chi connectivity index (χ2v) is 19.8. The van der Waals surface area contributed by atoms with E-state index in [-0.39, 0.29) is 46.5 Å². The number of ether oxygens (including phenoxy) is 3. The van der Waals surface area contributed by atoms with Crippen molar-refractivity contribution in [3.8, 4) is 34.5 Å². The van der Waals surface area contributed by atoms with Gasteiger partial charge in [-0.2, -0.15) is 0 Å². The van der Waals surface area contributed by atoms with Gasteiger partial charge >= 0.3 is 0 Å². The molecule has 0 spiro atoms. The molecule has 3 N–H and O–H groups in total. The molecule has 75 heavy (non-hydrogen) atoms. The third-order valence-corrected chi connectivity index (χ3v) is 13.7. The molecule has 0 radical (unpaired) electrons. The average molecular weight is 1090 g/mol. The van der Waals surface area contributed by atoms with E-state index in [2.05, 4.69) is 183 Å². The third kappa shape index (κ3) is 14.2. The van der Waals surface area contributed by atoms with Gasteiger partial charge in [-0.05, 0) is 178 Å². The molecule has 9 aromatic carbocycles. The average Bonchev–Trinajstić information content (AvgIpc) is 3.37. The van der Waals surface area contributed by atoms with Gasteiger partial charge in [-0.1, -0.05) is 161 Å². The van der Waals surface area contributed by atoms with Crippen molar-refractivity contribution < 1.29 is 51.4 Å². The van der Waals surface area contributed by atoms with Gasteiger partial charge in [0.1, 0.15) is 54.3 Å². The van der Waals surface area contributed by atoms with Crippen LogP contribution in [0.1, 0.15) is 98.7 Å². The summed E-state index contributed by atoms with van der Waals surface area (Å²) in [7, 11) is 0. The van der Waals surface area contributed by atoms with E-state index in [0.29, 0.717) is 19.8 Å². The van der Waals surface area contributed by atoms with Gasteiger partial charge in [-0.3, -0.25) is 0 Å². The van der Waals surface area contributed by atoms with Crippen molar-refractivity contribution in [1.29, 1.82) is 0 Å². The molecule has 0 aliphatic carbocycles. The Kier molecular flexibility index (Phi) is 19.0. The largest absolute Gasteiger partial charge is 0.508 e. The number of hydrogen-bond donors (Lipinski definition) is 3.